The fraction of sp³-hybridized carbons (Fsp3) is 0.786. The molecule has 164 valence electrons. The van der Waals surface area contributed by atoms with Crippen LogP contribution < -0.4 is 40.0 Å². The van der Waals surface area contributed by atoms with Crippen molar-refractivity contribution in [3.05, 3.63) is 0 Å². The number of aliphatic hydroxyl groups excluding tert-OH is 8. The summed E-state index contributed by atoms with van der Waals surface area (Å²) in [7, 11) is 0. The fourth-order valence-electron chi connectivity index (χ4n) is 2.10. The van der Waals surface area contributed by atoms with Gasteiger partial charge in [0.15, 0.2) is 12.6 Å². The van der Waals surface area contributed by atoms with Crippen molar-refractivity contribution in [3.8, 4) is 0 Å². The van der Waals surface area contributed by atoms with E-state index in [9.17, 15) is 34.8 Å². The van der Waals surface area contributed by atoms with Crippen molar-refractivity contribution in [1.82, 2.24) is 5.32 Å². The van der Waals surface area contributed by atoms with E-state index in [0.717, 1.165) is 0 Å². The smallest absolute Gasteiger partial charge is 0.547 e. The van der Waals surface area contributed by atoms with Crippen LogP contribution in [-0.4, -0.2) is 121 Å². The van der Waals surface area contributed by atoms with Gasteiger partial charge in [-0.25, -0.2) is 0 Å². The Hall–Kier alpha value is -0.750. The molecular weight excluding hydrogens is 413 g/mol. The number of amides is 1. The molecule has 1 unspecified atom stereocenters. The Bertz CT molecular complexity index is 524. The zero-order valence-electron chi connectivity index (χ0n) is 15.6. The van der Waals surface area contributed by atoms with Gasteiger partial charge in [0.2, 0.25) is 5.91 Å². The number of aldehydes is 1. The molecule has 9 N–H and O–H groups in total. The van der Waals surface area contributed by atoms with E-state index in [1.165, 1.54) is 6.92 Å². The number of carbonyl (C=O) groups excluding carboxylic acids is 3. The quantitative estimate of drug-likeness (QED) is 0.132. The Labute approximate surface area is 186 Å². The zero-order chi connectivity index (χ0) is 22.2. The third-order valence-corrected chi connectivity index (χ3v) is 3.67. The van der Waals surface area contributed by atoms with E-state index in [2.05, 4.69) is 5.32 Å². The molecule has 1 saturated heterocycles. The zero-order valence-corrected chi connectivity index (χ0v) is 17.6. The molecule has 1 amide bonds. The molecule has 0 aromatic carbocycles. The summed E-state index contributed by atoms with van der Waals surface area (Å²) in [5, 5.41) is 84.2. The molecule has 1 heterocycles. The normalized spacial score (nSPS) is 30.3. The predicted molar refractivity (Wildman–Crippen MR) is 82.7 cm³/mol. The second-order valence-corrected chi connectivity index (χ2v) is 5.83. The number of aliphatic carboxylic acids is 1. The van der Waals surface area contributed by atoms with Crippen molar-refractivity contribution >= 4 is 18.2 Å². The maximum absolute atomic E-state index is 10.7. The Morgan fingerprint density at radius 2 is 1.62 bits per heavy atom. The van der Waals surface area contributed by atoms with E-state index in [4.69, 9.17) is 30.3 Å². The van der Waals surface area contributed by atoms with Crippen LogP contribution in [0, 0.1) is 0 Å². The van der Waals surface area contributed by atoms with Crippen LogP contribution in [0.1, 0.15) is 6.92 Å². The molecule has 0 aromatic heterocycles. The van der Waals surface area contributed by atoms with Gasteiger partial charge in [0.25, 0.3) is 0 Å². The maximum atomic E-state index is 10.7. The molecule has 0 radical (unpaired) electrons. The number of carbonyl (C=O) groups is 3. The SMILES string of the molecule is CC(=O)N[C@H]1C(O)O[C@H](CO)[C@@H](O)[C@@H]1O.O=C[C@H](O)[C@@H](O)[C@H](O)[C@H](O)C(=O)[O-].[Na+]. The van der Waals surface area contributed by atoms with Crippen LogP contribution in [0.4, 0.5) is 0 Å². The molecule has 29 heavy (non-hydrogen) atoms. The summed E-state index contributed by atoms with van der Waals surface area (Å²) < 4.78 is 4.81. The minimum atomic E-state index is -2.36. The monoisotopic (exact) mass is 437 g/mol. The Kier molecular flexibility index (Phi) is 15.0. The predicted octanol–water partition coefficient (Wildman–Crippen LogP) is -10.7. The number of carboxylic acid groups (broad SMARTS) is 1. The van der Waals surface area contributed by atoms with Crippen molar-refractivity contribution < 1.29 is 94.6 Å². The van der Waals surface area contributed by atoms with Crippen LogP contribution >= 0.6 is 0 Å². The molecule has 1 rings (SSSR count). The van der Waals surface area contributed by atoms with Crippen molar-refractivity contribution in [3.63, 3.8) is 0 Å². The van der Waals surface area contributed by atoms with Gasteiger partial charge in [-0.15, -0.1) is 0 Å². The summed E-state index contributed by atoms with van der Waals surface area (Å²) in [5.74, 6) is -2.47. The standard InChI is InChI=1S/C8H15NO6.C6H10O7.Na/c1-3(11)9-5-7(13)6(12)4(2-10)15-8(5)14;7-1-2(8)3(9)4(10)5(11)6(12)13;/h4-8,10,12-14H,2H2,1H3,(H,9,11);1-5,8-11H,(H,12,13);/q;;+1/p-1/t4-,5-,6-,7-,8?;2-,3+,4-,5-;/m10./s1. The van der Waals surface area contributed by atoms with Crippen molar-refractivity contribution in [2.45, 2.75) is 62.0 Å². The average Bonchev–Trinajstić information content (AvgIpc) is 2.65. The van der Waals surface area contributed by atoms with E-state index in [1.54, 1.807) is 0 Å². The summed E-state index contributed by atoms with van der Waals surface area (Å²) in [6, 6.07) is -1.10. The maximum Gasteiger partial charge on any atom is 1.00 e. The van der Waals surface area contributed by atoms with Crippen molar-refractivity contribution in [2.24, 2.45) is 0 Å². The summed E-state index contributed by atoms with van der Waals surface area (Å²) in [4.78, 5) is 30.6. The van der Waals surface area contributed by atoms with Gasteiger partial charge in [0, 0.05) is 6.92 Å². The van der Waals surface area contributed by atoms with E-state index in [1.807, 2.05) is 0 Å². The van der Waals surface area contributed by atoms with E-state index < -0.39 is 73.5 Å². The van der Waals surface area contributed by atoms with E-state index >= 15 is 0 Å². The summed E-state index contributed by atoms with van der Waals surface area (Å²) in [6.07, 6.45) is -13.9. The van der Waals surface area contributed by atoms with E-state index in [-0.39, 0.29) is 35.8 Å². The van der Waals surface area contributed by atoms with Crippen LogP contribution in [0.3, 0.4) is 0 Å². The van der Waals surface area contributed by atoms with Gasteiger partial charge in [-0.1, -0.05) is 0 Å². The molecule has 0 aromatic rings. The van der Waals surface area contributed by atoms with Gasteiger partial charge in [-0.05, 0) is 0 Å². The Morgan fingerprint density at radius 3 is 2.00 bits per heavy atom. The van der Waals surface area contributed by atoms with Crippen LogP contribution in [-0.2, 0) is 19.1 Å². The molecule has 14 nitrogen and oxygen atoms in total. The largest absolute Gasteiger partial charge is 1.00 e. The first-order chi connectivity index (χ1) is 12.9. The molecule has 0 aliphatic carbocycles. The van der Waals surface area contributed by atoms with Gasteiger partial charge >= 0.3 is 29.6 Å². The van der Waals surface area contributed by atoms with Gasteiger partial charge < -0.3 is 65.6 Å². The van der Waals surface area contributed by atoms with Gasteiger partial charge in [-0.2, -0.15) is 0 Å². The molecule has 0 saturated carbocycles. The van der Waals surface area contributed by atoms with Crippen molar-refractivity contribution in [2.75, 3.05) is 6.61 Å². The van der Waals surface area contributed by atoms with Crippen LogP contribution in [0.25, 0.3) is 0 Å². The second kappa shape index (κ2) is 14.3. The van der Waals surface area contributed by atoms with Gasteiger partial charge in [0.05, 0.1) is 12.6 Å². The Balaban J connectivity index is 0. The summed E-state index contributed by atoms with van der Waals surface area (Å²) in [6.45, 7) is 0.687. The van der Waals surface area contributed by atoms with Crippen LogP contribution in [0.2, 0.25) is 0 Å². The molecular formula is C14H24NNaO13. The third-order valence-electron chi connectivity index (χ3n) is 3.67. The second-order valence-electron chi connectivity index (χ2n) is 5.83. The topological polar surface area (TPSA) is 257 Å². The molecule has 1 fully saturated rings. The average molecular weight is 437 g/mol. The van der Waals surface area contributed by atoms with Crippen LogP contribution in [0.15, 0.2) is 0 Å². The summed E-state index contributed by atoms with van der Waals surface area (Å²) >= 11 is 0. The van der Waals surface area contributed by atoms with Crippen molar-refractivity contribution in [1.29, 1.82) is 0 Å². The number of ether oxygens (including phenoxy) is 1. The number of carboxylic acids is 1. The Morgan fingerprint density at radius 1 is 1.10 bits per heavy atom. The molecule has 1 aliphatic rings. The van der Waals surface area contributed by atoms with Crippen LogP contribution in [0.5, 0.6) is 0 Å². The molecule has 1 aliphatic heterocycles. The molecule has 9 atom stereocenters. The third kappa shape index (κ3) is 9.29. The van der Waals surface area contributed by atoms with Gasteiger partial charge in [0.1, 0.15) is 48.8 Å². The fourth-order valence-corrected chi connectivity index (χ4v) is 2.10. The first-order valence-corrected chi connectivity index (χ1v) is 7.85. The molecule has 0 spiro atoms. The number of rotatable bonds is 7. The number of aliphatic hydroxyl groups is 8. The first kappa shape index (κ1) is 30.4. The number of hydrogen-bond acceptors (Lipinski definition) is 13. The first-order valence-electron chi connectivity index (χ1n) is 7.85. The van der Waals surface area contributed by atoms with E-state index in [0.29, 0.717) is 0 Å². The minimum absolute atomic E-state index is 0. The number of hydrogen-bond donors (Lipinski definition) is 9. The molecule has 15 heteroatoms. The molecule has 0 bridgehead atoms. The summed E-state index contributed by atoms with van der Waals surface area (Å²) in [5.41, 5.74) is 0. The number of nitrogens with one attached hydrogen (secondary N) is 1. The minimum Gasteiger partial charge on any atom is -0.547 e. The van der Waals surface area contributed by atoms with Gasteiger partial charge in [-0.3, -0.25) is 4.79 Å².